The Labute approximate surface area is 103 Å². The Balaban J connectivity index is 3.20. The highest BCUT2D eigenvalue weighted by Crippen LogP contribution is 2.28. The van der Waals surface area contributed by atoms with Crippen molar-refractivity contribution >= 4 is 5.69 Å². The lowest BCUT2D eigenvalue weighted by molar-refractivity contribution is 0.613. The highest BCUT2D eigenvalue weighted by Gasteiger charge is 2.16. The molecule has 0 aromatic heterocycles. The fraction of sp³-hybridized carbons (Fsp3) is 0.429. The van der Waals surface area contributed by atoms with Gasteiger partial charge in [0, 0.05) is 12.6 Å². The predicted molar refractivity (Wildman–Crippen MR) is 70.3 cm³/mol. The van der Waals surface area contributed by atoms with Gasteiger partial charge in [0.25, 0.3) is 0 Å². The molecule has 0 unspecified atom stereocenters. The zero-order chi connectivity index (χ0) is 12.8. The molecule has 2 nitrogen and oxygen atoms in total. The van der Waals surface area contributed by atoms with Crippen LogP contribution in [0, 0.1) is 18.2 Å². The van der Waals surface area contributed by atoms with Crippen molar-refractivity contribution in [1.29, 1.82) is 0 Å². The van der Waals surface area contributed by atoms with Crippen LogP contribution in [0.25, 0.3) is 0 Å². The van der Waals surface area contributed by atoms with Crippen LogP contribution < -0.4 is 10.6 Å². The number of terminal acetylenes is 1. The summed E-state index contributed by atoms with van der Waals surface area (Å²) >= 11 is 0. The maximum atomic E-state index is 13.9. The van der Waals surface area contributed by atoms with Gasteiger partial charge in [-0.1, -0.05) is 25.0 Å². The van der Waals surface area contributed by atoms with E-state index in [2.05, 4.69) is 5.92 Å². The van der Waals surface area contributed by atoms with Gasteiger partial charge in [0.15, 0.2) is 0 Å². The summed E-state index contributed by atoms with van der Waals surface area (Å²) in [5, 5.41) is 0. The second-order valence-electron chi connectivity index (χ2n) is 4.09. The second-order valence-corrected chi connectivity index (χ2v) is 4.09. The van der Waals surface area contributed by atoms with Crippen molar-refractivity contribution in [2.45, 2.75) is 26.3 Å². The molecule has 0 aliphatic rings. The van der Waals surface area contributed by atoms with Gasteiger partial charge in [-0.25, -0.2) is 4.39 Å². The van der Waals surface area contributed by atoms with Crippen molar-refractivity contribution in [2.75, 3.05) is 18.0 Å². The molecule has 2 N–H and O–H groups in total. The van der Waals surface area contributed by atoms with Gasteiger partial charge in [0.1, 0.15) is 5.82 Å². The summed E-state index contributed by atoms with van der Waals surface area (Å²) in [6, 6.07) is 4.76. The Kier molecular flexibility index (Phi) is 4.99. The van der Waals surface area contributed by atoms with Gasteiger partial charge in [-0.05, 0) is 25.0 Å². The van der Waals surface area contributed by atoms with Crippen LogP contribution in [0.1, 0.15) is 31.9 Å². The summed E-state index contributed by atoms with van der Waals surface area (Å²) in [5.41, 5.74) is 7.21. The van der Waals surface area contributed by atoms with Crippen LogP contribution in [0.2, 0.25) is 0 Å². The Bertz CT molecular complexity index is 407. The van der Waals surface area contributed by atoms with Gasteiger partial charge in [-0.15, -0.1) is 6.42 Å². The number of anilines is 1. The van der Waals surface area contributed by atoms with E-state index in [9.17, 15) is 4.39 Å². The number of benzene rings is 1. The molecule has 92 valence electrons. The SMILES string of the molecule is C#CCN(CCC)c1c(F)cccc1[C@@H](C)N. The smallest absolute Gasteiger partial charge is 0.146 e. The third kappa shape index (κ3) is 3.21. The van der Waals surface area contributed by atoms with E-state index in [0.29, 0.717) is 12.2 Å². The maximum Gasteiger partial charge on any atom is 0.146 e. The van der Waals surface area contributed by atoms with Crippen molar-refractivity contribution in [3.05, 3.63) is 29.6 Å². The first-order valence-corrected chi connectivity index (χ1v) is 5.84. The van der Waals surface area contributed by atoms with Gasteiger partial charge in [-0.3, -0.25) is 0 Å². The van der Waals surface area contributed by atoms with Crippen molar-refractivity contribution in [2.24, 2.45) is 5.73 Å². The van der Waals surface area contributed by atoms with Gasteiger partial charge in [0.2, 0.25) is 0 Å². The standard InChI is InChI=1S/C14H19FN2/c1-4-9-17(10-5-2)14-12(11(3)16)7-6-8-13(14)15/h1,6-8,11H,5,9-10,16H2,2-3H3/t11-/m1/s1. The van der Waals surface area contributed by atoms with Crippen LogP contribution in [0.5, 0.6) is 0 Å². The molecule has 0 amide bonds. The van der Waals surface area contributed by atoms with Crippen LogP contribution in [0.15, 0.2) is 18.2 Å². The van der Waals surface area contributed by atoms with Crippen molar-refractivity contribution in [1.82, 2.24) is 0 Å². The molecule has 0 saturated heterocycles. The molecule has 0 radical (unpaired) electrons. The minimum Gasteiger partial charge on any atom is -0.358 e. The highest BCUT2D eigenvalue weighted by atomic mass is 19.1. The molecule has 0 aliphatic heterocycles. The first-order valence-electron chi connectivity index (χ1n) is 5.84. The van der Waals surface area contributed by atoms with Gasteiger partial charge < -0.3 is 10.6 Å². The van der Waals surface area contributed by atoms with Gasteiger partial charge >= 0.3 is 0 Å². The van der Waals surface area contributed by atoms with E-state index < -0.39 is 0 Å². The Morgan fingerprint density at radius 2 is 2.24 bits per heavy atom. The molecule has 0 heterocycles. The molecule has 1 aromatic carbocycles. The molecule has 0 fully saturated rings. The molecule has 0 aliphatic carbocycles. The Morgan fingerprint density at radius 1 is 1.53 bits per heavy atom. The monoisotopic (exact) mass is 234 g/mol. The molecular formula is C14H19FN2. The van der Waals surface area contributed by atoms with Crippen LogP contribution in [0.3, 0.4) is 0 Å². The van der Waals surface area contributed by atoms with E-state index in [-0.39, 0.29) is 11.9 Å². The molecule has 1 aromatic rings. The number of rotatable bonds is 5. The first-order chi connectivity index (χ1) is 8.11. The molecule has 3 heteroatoms. The quantitative estimate of drug-likeness (QED) is 0.794. The van der Waals surface area contributed by atoms with E-state index >= 15 is 0 Å². The van der Waals surface area contributed by atoms with Crippen LogP contribution >= 0.6 is 0 Å². The average Bonchev–Trinajstić information content (AvgIpc) is 2.28. The number of nitrogens with two attached hydrogens (primary N) is 1. The van der Waals surface area contributed by atoms with E-state index in [1.54, 1.807) is 6.07 Å². The van der Waals surface area contributed by atoms with E-state index in [1.165, 1.54) is 6.07 Å². The number of hydrogen-bond acceptors (Lipinski definition) is 2. The van der Waals surface area contributed by atoms with Gasteiger partial charge in [-0.2, -0.15) is 0 Å². The van der Waals surface area contributed by atoms with Crippen LogP contribution in [0.4, 0.5) is 10.1 Å². The third-order valence-electron chi connectivity index (χ3n) is 2.60. The zero-order valence-corrected chi connectivity index (χ0v) is 10.4. The maximum absolute atomic E-state index is 13.9. The molecule has 17 heavy (non-hydrogen) atoms. The third-order valence-corrected chi connectivity index (χ3v) is 2.60. The molecule has 0 bridgehead atoms. The topological polar surface area (TPSA) is 29.3 Å². The summed E-state index contributed by atoms with van der Waals surface area (Å²) in [5.74, 6) is 2.30. The summed E-state index contributed by atoms with van der Waals surface area (Å²) in [4.78, 5) is 1.87. The number of nitrogens with zero attached hydrogens (tertiary/aromatic N) is 1. The zero-order valence-electron chi connectivity index (χ0n) is 10.4. The fourth-order valence-electron chi connectivity index (χ4n) is 1.88. The van der Waals surface area contributed by atoms with Crippen molar-refractivity contribution in [3.63, 3.8) is 0 Å². The van der Waals surface area contributed by atoms with Crippen LogP contribution in [-0.4, -0.2) is 13.1 Å². The van der Waals surface area contributed by atoms with Crippen molar-refractivity contribution in [3.8, 4) is 12.3 Å². The van der Waals surface area contributed by atoms with Crippen molar-refractivity contribution < 1.29 is 4.39 Å². The Hall–Kier alpha value is -1.53. The van der Waals surface area contributed by atoms with E-state index in [0.717, 1.165) is 18.5 Å². The summed E-state index contributed by atoms with van der Waals surface area (Å²) in [6.07, 6.45) is 6.24. The first kappa shape index (κ1) is 13.5. The Morgan fingerprint density at radius 3 is 2.76 bits per heavy atom. The largest absolute Gasteiger partial charge is 0.358 e. The lowest BCUT2D eigenvalue weighted by atomic mass is 10.0. The molecule has 0 spiro atoms. The van der Waals surface area contributed by atoms with E-state index in [4.69, 9.17) is 12.2 Å². The fourth-order valence-corrected chi connectivity index (χ4v) is 1.88. The lowest BCUT2D eigenvalue weighted by Gasteiger charge is -2.26. The number of halogens is 1. The normalized spacial score (nSPS) is 11.9. The summed E-state index contributed by atoms with van der Waals surface area (Å²) in [7, 11) is 0. The summed E-state index contributed by atoms with van der Waals surface area (Å²) < 4.78 is 13.9. The molecule has 0 saturated carbocycles. The minimum absolute atomic E-state index is 0.210. The lowest BCUT2D eigenvalue weighted by Crippen LogP contribution is -2.27. The number of para-hydroxylation sites is 1. The second kappa shape index (κ2) is 6.27. The van der Waals surface area contributed by atoms with Gasteiger partial charge in [0.05, 0.1) is 12.2 Å². The average molecular weight is 234 g/mol. The molecular weight excluding hydrogens is 215 g/mol. The highest BCUT2D eigenvalue weighted by molar-refractivity contribution is 5.56. The number of hydrogen-bond donors (Lipinski definition) is 1. The summed E-state index contributed by atoms with van der Waals surface area (Å²) in [6.45, 7) is 5.01. The minimum atomic E-state index is -0.261. The van der Waals surface area contributed by atoms with E-state index in [1.807, 2.05) is 24.8 Å². The predicted octanol–water partition coefficient (Wildman–Crippen LogP) is 2.70. The molecule has 1 atom stereocenters. The molecule has 1 rings (SSSR count). The van der Waals surface area contributed by atoms with Crippen LogP contribution in [-0.2, 0) is 0 Å².